The molecular weight excluding hydrogens is 336 g/mol. The van der Waals surface area contributed by atoms with E-state index in [1.165, 1.54) is 90.6 Å². The lowest BCUT2D eigenvalue weighted by atomic mass is 10.0. The van der Waals surface area contributed by atoms with Crippen LogP contribution in [0.5, 0.6) is 0 Å². The zero-order valence-corrected chi connectivity index (χ0v) is 18.4. The maximum atomic E-state index is 11.7. The number of esters is 1. The Hall–Kier alpha value is -0.860. The van der Waals surface area contributed by atoms with Crippen molar-refractivity contribution in [2.45, 2.75) is 135 Å². The number of hydrogen-bond donors (Lipinski definition) is 0. The normalized spacial score (nSPS) is 10.9. The first-order valence-electron chi connectivity index (χ1n) is 11.8. The number of carbonyl (C=O) groups excluding carboxylic acids is 2. The fraction of sp³-hybridized carbons (Fsp3) is 0.917. The molecule has 0 aliphatic heterocycles. The van der Waals surface area contributed by atoms with E-state index in [0.29, 0.717) is 12.2 Å². The Morgan fingerprint density at radius 2 is 0.852 bits per heavy atom. The average Bonchev–Trinajstić information content (AvgIpc) is 2.68. The minimum absolute atomic E-state index is 0.0796. The van der Waals surface area contributed by atoms with Crippen LogP contribution in [-0.2, 0) is 14.3 Å². The van der Waals surface area contributed by atoms with E-state index in [1.54, 1.807) is 0 Å². The van der Waals surface area contributed by atoms with E-state index in [1.807, 2.05) is 0 Å². The third-order valence-electron chi connectivity index (χ3n) is 5.37. The van der Waals surface area contributed by atoms with Crippen LogP contribution in [0, 0.1) is 0 Å². The van der Waals surface area contributed by atoms with Crippen LogP contribution in [0.1, 0.15) is 135 Å². The number of methoxy groups -OCH3 is 1. The van der Waals surface area contributed by atoms with Gasteiger partial charge >= 0.3 is 5.97 Å². The molecule has 27 heavy (non-hydrogen) atoms. The number of carbonyl (C=O) groups is 2. The van der Waals surface area contributed by atoms with E-state index >= 15 is 0 Å². The summed E-state index contributed by atoms with van der Waals surface area (Å²) in [6.07, 6.45) is 23.4. The Bertz CT molecular complexity index is 339. The molecule has 0 atom stereocenters. The molecule has 0 aliphatic rings. The van der Waals surface area contributed by atoms with Crippen molar-refractivity contribution in [3.8, 4) is 0 Å². The monoisotopic (exact) mass is 382 g/mol. The van der Waals surface area contributed by atoms with Crippen LogP contribution in [0.2, 0.25) is 0 Å². The third-order valence-corrected chi connectivity index (χ3v) is 5.37. The number of hydrogen-bond acceptors (Lipinski definition) is 3. The first-order chi connectivity index (χ1) is 13.2. The fourth-order valence-corrected chi connectivity index (χ4v) is 3.51. The molecule has 0 aromatic rings. The van der Waals surface area contributed by atoms with Crippen LogP contribution < -0.4 is 0 Å². The number of rotatable bonds is 21. The van der Waals surface area contributed by atoms with E-state index in [4.69, 9.17) is 0 Å². The molecule has 0 bridgehead atoms. The van der Waals surface area contributed by atoms with Crippen LogP contribution in [0.3, 0.4) is 0 Å². The standard InChI is InChI=1S/C24H46O3/c1-3-4-5-17-20-23(25)21-18-15-13-11-9-7-6-8-10-12-14-16-19-22-24(26)27-2/h3-22H2,1-2H3. The Kier molecular flexibility index (Phi) is 20.8. The molecule has 0 aliphatic carbocycles. The van der Waals surface area contributed by atoms with Gasteiger partial charge in [-0.1, -0.05) is 96.8 Å². The topological polar surface area (TPSA) is 43.4 Å². The van der Waals surface area contributed by atoms with E-state index < -0.39 is 0 Å². The van der Waals surface area contributed by atoms with Gasteiger partial charge in [0, 0.05) is 19.3 Å². The second-order valence-electron chi connectivity index (χ2n) is 8.02. The first-order valence-corrected chi connectivity index (χ1v) is 11.8. The zero-order valence-electron chi connectivity index (χ0n) is 18.4. The lowest BCUT2D eigenvalue weighted by Crippen LogP contribution is -1.99. The zero-order chi connectivity index (χ0) is 20.0. The highest BCUT2D eigenvalue weighted by molar-refractivity contribution is 5.78. The molecule has 0 heterocycles. The van der Waals surface area contributed by atoms with E-state index in [2.05, 4.69) is 11.7 Å². The van der Waals surface area contributed by atoms with Crippen molar-refractivity contribution in [3.63, 3.8) is 0 Å². The van der Waals surface area contributed by atoms with Crippen LogP contribution in [-0.4, -0.2) is 18.9 Å². The van der Waals surface area contributed by atoms with Crippen molar-refractivity contribution < 1.29 is 14.3 Å². The van der Waals surface area contributed by atoms with Crippen molar-refractivity contribution in [2.75, 3.05) is 7.11 Å². The van der Waals surface area contributed by atoms with Crippen molar-refractivity contribution >= 4 is 11.8 Å². The SMILES string of the molecule is CCCCCCC(=O)CCCCCCCCCCCCCCCC(=O)OC. The van der Waals surface area contributed by atoms with Gasteiger partial charge in [-0.05, 0) is 19.3 Å². The molecule has 0 spiro atoms. The van der Waals surface area contributed by atoms with Crippen molar-refractivity contribution in [1.29, 1.82) is 0 Å². The van der Waals surface area contributed by atoms with Gasteiger partial charge in [0.15, 0.2) is 0 Å². The first kappa shape index (κ1) is 26.1. The minimum Gasteiger partial charge on any atom is -0.469 e. The van der Waals surface area contributed by atoms with Gasteiger partial charge in [-0.2, -0.15) is 0 Å². The van der Waals surface area contributed by atoms with Crippen molar-refractivity contribution in [3.05, 3.63) is 0 Å². The van der Waals surface area contributed by atoms with Crippen molar-refractivity contribution in [2.24, 2.45) is 0 Å². The molecule has 0 radical (unpaired) electrons. The Morgan fingerprint density at radius 3 is 1.22 bits per heavy atom. The summed E-state index contributed by atoms with van der Waals surface area (Å²) in [5, 5.41) is 0. The number of ketones is 1. The summed E-state index contributed by atoms with van der Waals surface area (Å²) in [6, 6.07) is 0. The Morgan fingerprint density at radius 1 is 0.519 bits per heavy atom. The summed E-state index contributed by atoms with van der Waals surface area (Å²) >= 11 is 0. The molecule has 160 valence electrons. The fourth-order valence-electron chi connectivity index (χ4n) is 3.51. The third kappa shape index (κ3) is 21.3. The molecule has 0 aromatic carbocycles. The molecule has 0 N–H and O–H groups in total. The Balaban J connectivity index is 3.12. The van der Waals surface area contributed by atoms with E-state index in [9.17, 15) is 9.59 Å². The number of unbranched alkanes of at least 4 members (excludes halogenated alkanes) is 15. The second kappa shape index (κ2) is 21.4. The average molecular weight is 383 g/mol. The van der Waals surface area contributed by atoms with E-state index in [-0.39, 0.29) is 5.97 Å². The molecule has 3 nitrogen and oxygen atoms in total. The van der Waals surface area contributed by atoms with Crippen LogP contribution in [0.15, 0.2) is 0 Å². The quantitative estimate of drug-likeness (QED) is 0.152. The summed E-state index contributed by atoms with van der Waals surface area (Å²) in [7, 11) is 1.46. The second-order valence-corrected chi connectivity index (χ2v) is 8.02. The van der Waals surface area contributed by atoms with Gasteiger partial charge in [-0.25, -0.2) is 0 Å². The van der Waals surface area contributed by atoms with Crippen LogP contribution in [0.4, 0.5) is 0 Å². The van der Waals surface area contributed by atoms with Crippen LogP contribution in [0.25, 0.3) is 0 Å². The summed E-state index contributed by atoms with van der Waals surface area (Å²) in [6.45, 7) is 2.21. The maximum absolute atomic E-state index is 11.7. The summed E-state index contributed by atoms with van der Waals surface area (Å²) in [5.41, 5.74) is 0. The van der Waals surface area contributed by atoms with E-state index in [0.717, 1.165) is 38.5 Å². The minimum atomic E-state index is -0.0796. The molecule has 0 fully saturated rings. The Labute approximate surface area is 169 Å². The van der Waals surface area contributed by atoms with Gasteiger partial charge in [0.1, 0.15) is 5.78 Å². The lowest BCUT2D eigenvalue weighted by molar-refractivity contribution is -0.140. The van der Waals surface area contributed by atoms with Gasteiger partial charge < -0.3 is 4.74 Å². The lowest BCUT2D eigenvalue weighted by Gasteiger charge is -2.04. The molecular formula is C24H46O3. The maximum Gasteiger partial charge on any atom is 0.305 e. The predicted molar refractivity (Wildman–Crippen MR) is 115 cm³/mol. The largest absolute Gasteiger partial charge is 0.469 e. The van der Waals surface area contributed by atoms with Gasteiger partial charge in [0.05, 0.1) is 7.11 Å². The van der Waals surface area contributed by atoms with Crippen LogP contribution >= 0.6 is 0 Å². The van der Waals surface area contributed by atoms with Gasteiger partial charge in [0.25, 0.3) is 0 Å². The number of ether oxygens (including phenoxy) is 1. The van der Waals surface area contributed by atoms with Gasteiger partial charge in [-0.15, -0.1) is 0 Å². The predicted octanol–water partition coefficient (Wildman–Crippen LogP) is 7.55. The molecule has 0 rings (SSSR count). The molecule has 0 aromatic heterocycles. The molecule has 0 saturated carbocycles. The highest BCUT2D eigenvalue weighted by atomic mass is 16.5. The van der Waals surface area contributed by atoms with Crippen molar-refractivity contribution in [1.82, 2.24) is 0 Å². The molecule has 0 saturated heterocycles. The smallest absolute Gasteiger partial charge is 0.305 e. The molecule has 3 heteroatoms. The summed E-state index contributed by atoms with van der Waals surface area (Å²) < 4.78 is 4.64. The highest BCUT2D eigenvalue weighted by Gasteiger charge is 2.02. The van der Waals surface area contributed by atoms with Gasteiger partial charge in [-0.3, -0.25) is 9.59 Å². The highest BCUT2D eigenvalue weighted by Crippen LogP contribution is 2.14. The molecule has 0 unspecified atom stereocenters. The molecule has 0 amide bonds. The van der Waals surface area contributed by atoms with Gasteiger partial charge in [0.2, 0.25) is 0 Å². The summed E-state index contributed by atoms with van der Waals surface area (Å²) in [5.74, 6) is 0.403. The summed E-state index contributed by atoms with van der Waals surface area (Å²) in [4.78, 5) is 22.7. The number of Topliss-reactive ketones (excluding diaryl/α,β-unsaturated/α-hetero) is 1.